The van der Waals surface area contributed by atoms with Crippen molar-refractivity contribution in [3.63, 3.8) is 0 Å². The summed E-state index contributed by atoms with van der Waals surface area (Å²) in [5.41, 5.74) is 0. The minimum atomic E-state index is -1.80. The van der Waals surface area contributed by atoms with Gasteiger partial charge in [0.05, 0.1) is 32.0 Å². The maximum atomic E-state index is 13.3. The molecule has 0 aromatic rings. The van der Waals surface area contributed by atoms with Gasteiger partial charge in [0.1, 0.15) is 48.8 Å². The van der Waals surface area contributed by atoms with E-state index in [0.29, 0.717) is 12.8 Å². The number of amides is 1. The Kier molecular flexibility index (Phi) is 56.5. The number of rotatable bonds is 59. The highest BCUT2D eigenvalue weighted by Gasteiger charge is 2.51. The first-order chi connectivity index (χ1) is 45.6. The summed E-state index contributed by atoms with van der Waals surface area (Å²) in [4.78, 5) is 13.3. The molecule has 532 valence electrons. The minimum absolute atomic E-state index is 0.258. The summed E-state index contributed by atoms with van der Waals surface area (Å²) in [6.07, 6.45) is 75.0. The van der Waals surface area contributed by atoms with Crippen LogP contribution in [0.3, 0.4) is 0 Å². The van der Waals surface area contributed by atoms with Crippen LogP contribution in [-0.2, 0) is 23.7 Å². The van der Waals surface area contributed by atoms with Crippen molar-refractivity contribution in [3.05, 3.63) is 134 Å². The smallest absolute Gasteiger partial charge is 0.220 e. The Morgan fingerprint density at radius 1 is 0.398 bits per heavy atom. The molecule has 12 atom stereocenters. The molecule has 0 aromatic heterocycles. The molecule has 0 saturated carbocycles. The standard InChI is InChI=1S/C79H133NO13/c1-3-5-7-9-11-13-15-17-19-21-23-25-27-28-29-30-31-32-33-34-35-36-37-38-39-40-41-43-45-47-49-51-53-55-57-59-61-63-71(84)80-67(66-90-78-76(89)74(87)77(70(65-82)92-78)93-79-75(88)73(86)72(85)69(64-81)91-79)68(83)62-60-58-56-54-52-50-48-46-44-42-26-24-22-20-18-16-14-12-10-8-6-4-2/h5,7,11,13,17,19,23,25,28-29,31-32,34-35,37-38,40-41,52,54,60,62,67-70,72-79,81-83,85-89H,3-4,6,8-10,12,14-16,18,20-22,24,26-27,30,33,36,39,42-51,53,55-59,61,63-66H2,1-2H3,(H,80,84)/b7-5-,13-11-,19-17-,25-23-,29-28-,32-31-,35-34-,38-37-,41-40-,54-52+,62-60+. The first kappa shape index (κ1) is 85.2. The summed E-state index contributed by atoms with van der Waals surface area (Å²) in [6, 6.07) is -0.946. The van der Waals surface area contributed by atoms with Crippen LogP contribution in [-0.4, -0.2) is 140 Å². The van der Waals surface area contributed by atoms with Gasteiger partial charge in [-0.25, -0.2) is 0 Å². The summed E-state index contributed by atoms with van der Waals surface area (Å²) < 4.78 is 22.8. The molecule has 2 fully saturated rings. The highest BCUT2D eigenvalue weighted by Crippen LogP contribution is 2.30. The quantitative estimate of drug-likeness (QED) is 0.0204. The van der Waals surface area contributed by atoms with Gasteiger partial charge in [0, 0.05) is 6.42 Å². The van der Waals surface area contributed by atoms with Gasteiger partial charge in [0.15, 0.2) is 12.6 Å². The highest BCUT2D eigenvalue weighted by molar-refractivity contribution is 5.76. The van der Waals surface area contributed by atoms with Crippen molar-refractivity contribution < 1.29 is 64.6 Å². The fourth-order valence-corrected chi connectivity index (χ4v) is 11.2. The molecule has 2 saturated heterocycles. The van der Waals surface area contributed by atoms with Crippen molar-refractivity contribution in [2.24, 2.45) is 0 Å². The number of aliphatic hydroxyl groups excluding tert-OH is 8. The Bertz CT molecular complexity index is 2070. The van der Waals surface area contributed by atoms with Crippen molar-refractivity contribution in [1.82, 2.24) is 5.32 Å². The average Bonchev–Trinajstić information content (AvgIpc) is 0.852. The molecule has 1 amide bonds. The lowest BCUT2D eigenvalue weighted by atomic mass is 9.97. The molecule has 2 rings (SSSR count). The van der Waals surface area contributed by atoms with E-state index in [4.69, 9.17) is 18.9 Å². The SMILES string of the molecule is CC/C=C\C/C=C\C/C=C\C/C=C\C/C=C\C/C=C\C/C=C\C/C=C\C/C=C\CCCCCCCCCCCC(=O)NC(COC1OC(CO)C(OC2OC(CO)C(O)C(O)C2O)C(O)C1O)C(O)/C=C/CC/C=C/CCCCCCCCCCCCCCCCCC. The molecule has 14 nitrogen and oxygen atoms in total. The number of ether oxygens (including phenoxy) is 4. The lowest BCUT2D eigenvalue weighted by molar-refractivity contribution is -0.359. The average molecular weight is 1300 g/mol. The Hall–Kier alpha value is -3.87. The molecule has 0 aliphatic carbocycles. The fraction of sp³-hybridized carbons (Fsp3) is 0.709. The number of hydrogen-bond donors (Lipinski definition) is 9. The number of hydrogen-bond acceptors (Lipinski definition) is 13. The molecule has 2 aliphatic rings. The molecule has 0 bridgehead atoms. The normalized spacial score (nSPS) is 23.4. The van der Waals surface area contributed by atoms with E-state index in [1.54, 1.807) is 6.08 Å². The van der Waals surface area contributed by atoms with Crippen LogP contribution in [0.4, 0.5) is 0 Å². The minimum Gasteiger partial charge on any atom is -0.394 e. The van der Waals surface area contributed by atoms with E-state index < -0.39 is 86.8 Å². The van der Waals surface area contributed by atoms with Crippen LogP contribution in [0, 0.1) is 0 Å². The topological polar surface area (TPSA) is 228 Å². The second-order valence-electron chi connectivity index (χ2n) is 25.3. The van der Waals surface area contributed by atoms with Crippen molar-refractivity contribution in [3.8, 4) is 0 Å². The molecule has 0 radical (unpaired) electrons. The van der Waals surface area contributed by atoms with Crippen LogP contribution in [0.5, 0.6) is 0 Å². The molecule has 0 spiro atoms. The van der Waals surface area contributed by atoms with Crippen molar-refractivity contribution in [1.29, 1.82) is 0 Å². The van der Waals surface area contributed by atoms with E-state index >= 15 is 0 Å². The first-order valence-electron chi connectivity index (χ1n) is 36.9. The molecular weight excluding hydrogens is 1170 g/mol. The Balaban J connectivity index is 1.67. The number of aliphatic hydroxyl groups is 8. The Morgan fingerprint density at radius 2 is 0.753 bits per heavy atom. The third kappa shape index (κ3) is 45.3. The van der Waals surface area contributed by atoms with Gasteiger partial charge in [-0.3, -0.25) is 4.79 Å². The van der Waals surface area contributed by atoms with Crippen molar-refractivity contribution in [2.45, 2.75) is 338 Å². The zero-order chi connectivity index (χ0) is 67.3. The van der Waals surface area contributed by atoms with Gasteiger partial charge in [0.25, 0.3) is 0 Å². The summed E-state index contributed by atoms with van der Waals surface area (Å²) in [5.74, 6) is -0.259. The maximum Gasteiger partial charge on any atom is 0.220 e. The van der Waals surface area contributed by atoms with E-state index in [-0.39, 0.29) is 18.9 Å². The van der Waals surface area contributed by atoms with Gasteiger partial charge in [-0.2, -0.15) is 0 Å². The monoisotopic (exact) mass is 1300 g/mol. The summed E-state index contributed by atoms with van der Waals surface area (Å²) >= 11 is 0. The van der Waals surface area contributed by atoms with Gasteiger partial charge in [-0.15, -0.1) is 0 Å². The van der Waals surface area contributed by atoms with E-state index in [1.807, 2.05) is 6.08 Å². The van der Waals surface area contributed by atoms with E-state index in [2.05, 4.69) is 141 Å². The van der Waals surface area contributed by atoms with Crippen LogP contribution in [0.25, 0.3) is 0 Å². The number of nitrogens with one attached hydrogen (secondary N) is 1. The summed E-state index contributed by atoms with van der Waals surface area (Å²) in [5, 5.41) is 87.5. The van der Waals surface area contributed by atoms with Crippen LogP contribution >= 0.6 is 0 Å². The van der Waals surface area contributed by atoms with Gasteiger partial charge in [0.2, 0.25) is 5.91 Å². The van der Waals surface area contributed by atoms with Crippen LogP contribution < -0.4 is 5.32 Å². The lowest BCUT2D eigenvalue weighted by Crippen LogP contribution is -2.65. The molecule has 0 aromatic carbocycles. The molecule has 2 aliphatic heterocycles. The van der Waals surface area contributed by atoms with Crippen molar-refractivity contribution in [2.75, 3.05) is 19.8 Å². The number of carbonyl (C=O) groups excluding carboxylic acids is 1. The maximum absolute atomic E-state index is 13.3. The molecule has 2 heterocycles. The lowest BCUT2D eigenvalue weighted by Gasteiger charge is -2.46. The Morgan fingerprint density at radius 3 is 1.18 bits per heavy atom. The van der Waals surface area contributed by atoms with Crippen LogP contribution in [0.15, 0.2) is 134 Å². The summed E-state index contributed by atoms with van der Waals surface area (Å²) in [7, 11) is 0. The molecule has 9 N–H and O–H groups in total. The largest absolute Gasteiger partial charge is 0.394 e. The highest BCUT2D eigenvalue weighted by atomic mass is 16.7. The zero-order valence-corrected chi connectivity index (χ0v) is 57.9. The van der Waals surface area contributed by atoms with Gasteiger partial charge < -0.3 is 65.1 Å². The second kappa shape index (κ2) is 61.7. The van der Waals surface area contributed by atoms with Gasteiger partial charge in [-0.05, 0) is 103 Å². The Labute approximate surface area is 564 Å². The first-order valence-corrected chi connectivity index (χ1v) is 36.9. The van der Waals surface area contributed by atoms with E-state index in [1.165, 1.54) is 128 Å². The molecule has 12 unspecified atom stereocenters. The van der Waals surface area contributed by atoms with Crippen LogP contribution in [0.2, 0.25) is 0 Å². The third-order valence-corrected chi connectivity index (χ3v) is 17.1. The predicted octanol–water partition coefficient (Wildman–Crippen LogP) is 15.8. The summed E-state index contributed by atoms with van der Waals surface area (Å²) in [6.45, 7) is 2.67. The van der Waals surface area contributed by atoms with Crippen molar-refractivity contribution >= 4 is 5.91 Å². The number of allylic oxidation sites excluding steroid dienone is 21. The molecular formula is C79H133NO13. The van der Waals surface area contributed by atoms with E-state index in [0.717, 1.165) is 103 Å². The van der Waals surface area contributed by atoms with E-state index in [9.17, 15) is 45.6 Å². The van der Waals surface area contributed by atoms with Gasteiger partial charge in [-0.1, -0.05) is 289 Å². The van der Waals surface area contributed by atoms with Gasteiger partial charge >= 0.3 is 0 Å². The van der Waals surface area contributed by atoms with Crippen LogP contribution in [0.1, 0.15) is 264 Å². The number of carbonyl (C=O) groups is 1. The predicted molar refractivity (Wildman–Crippen MR) is 382 cm³/mol. The zero-order valence-electron chi connectivity index (χ0n) is 57.9. The fourth-order valence-electron chi connectivity index (χ4n) is 11.2. The second-order valence-corrected chi connectivity index (χ2v) is 25.3. The third-order valence-electron chi connectivity index (χ3n) is 17.1. The number of unbranched alkanes of at least 4 members (excludes halogenated alkanes) is 26. The molecule has 93 heavy (non-hydrogen) atoms. The molecule has 14 heteroatoms.